The van der Waals surface area contributed by atoms with E-state index < -0.39 is 10.0 Å². The first-order chi connectivity index (χ1) is 10.8. The number of sulfonamides is 1. The van der Waals surface area contributed by atoms with Crippen LogP contribution < -0.4 is 4.72 Å². The standard InChI is InChI=1S/C15H18Cl2N2O3S/c1-23(21,22)18-12-7-9-19(10-8-12)14(20)6-5-11-3-2-4-13(16)15(11)17/h2-6,12,18H,7-10H2,1H3/b6-5+. The van der Waals surface area contributed by atoms with Gasteiger partial charge in [-0.25, -0.2) is 13.1 Å². The van der Waals surface area contributed by atoms with Crippen LogP contribution in [0.15, 0.2) is 24.3 Å². The molecule has 1 amide bonds. The van der Waals surface area contributed by atoms with Crippen molar-refractivity contribution in [2.45, 2.75) is 18.9 Å². The number of carbonyl (C=O) groups excluding carboxylic acids is 1. The molecule has 0 saturated carbocycles. The van der Waals surface area contributed by atoms with Gasteiger partial charge in [-0.2, -0.15) is 0 Å². The van der Waals surface area contributed by atoms with Crippen LogP contribution >= 0.6 is 23.2 Å². The smallest absolute Gasteiger partial charge is 0.246 e. The van der Waals surface area contributed by atoms with E-state index >= 15 is 0 Å². The van der Waals surface area contributed by atoms with Crippen molar-refractivity contribution in [1.29, 1.82) is 0 Å². The predicted octanol–water partition coefficient (Wildman–Crippen LogP) is 2.55. The Hall–Kier alpha value is -1.08. The fourth-order valence-corrected chi connectivity index (χ4v) is 3.65. The summed E-state index contributed by atoms with van der Waals surface area (Å²) in [4.78, 5) is 13.9. The van der Waals surface area contributed by atoms with Gasteiger partial charge in [-0.3, -0.25) is 4.79 Å². The van der Waals surface area contributed by atoms with Crippen molar-refractivity contribution < 1.29 is 13.2 Å². The molecule has 1 heterocycles. The maximum atomic E-state index is 12.2. The molecule has 23 heavy (non-hydrogen) atoms. The lowest BCUT2D eigenvalue weighted by molar-refractivity contribution is -0.126. The normalized spacial score (nSPS) is 16.9. The third-order valence-electron chi connectivity index (χ3n) is 3.57. The number of nitrogens with zero attached hydrogens (tertiary/aromatic N) is 1. The van der Waals surface area contributed by atoms with Gasteiger partial charge in [0, 0.05) is 25.2 Å². The average molecular weight is 377 g/mol. The van der Waals surface area contributed by atoms with E-state index in [2.05, 4.69) is 4.72 Å². The maximum Gasteiger partial charge on any atom is 0.246 e. The lowest BCUT2D eigenvalue weighted by Crippen LogP contribution is -2.45. The molecule has 1 saturated heterocycles. The Morgan fingerprint density at radius 3 is 2.57 bits per heavy atom. The topological polar surface area (TPSA) is 66.5 Å². The second-order valence-corrected chi connectivity index (χ2v) is 8.03. The van der Waals surface area contributed by atoms with Gasteiger partial charge < -0.3 is 4.90 Å². The fourth-order valence-electron chi connectivity index (χ4n) is 2.44. The van der Waals surface area contributed by atoms with Crippen LogP contribution in [0.1, 0.15) is 18.4 Å². The van der Waals surface area contributed by atoms with Crippen molar-refractivity contribution in [3.63, 3.8) is 0 Å². The number of rotatable bonds is 4. The summed E-state index contributed by atoms with van der Waals surface area (Å²) < 4.78 is 25.0. The van der Waals surface area contributed by atoms with Crippen LogP contribution in [0, 0.1) is 0 Å². The highest BCUT2D eigenvalue weighted by molar-refractivity contribution is 7.88. The van der Waals surface area contributed by atoms with E-state index in [1.807, 2.05) is 0 Å². The van der Waals surface area contributed by atoms with Crippen LogP contribution in [-0.4, -0.2) is 44.6 Å². The zero-order valence-electron chi connectivity index (χ0n) is 12.6. The molecule has 1 aliphatic heterocycles. The molecule has 0 radical (unpaired) electrons. The van der Waals surface area contributed by atoms with Gasteiger partial charge in [0.1, 0.15) is 0 Å². The fraction of sp³-hybridized carbons (Fsp3) is 0.400. The molecule has 1 N–H and O–H groups in total. The Bertz CT molecular complexity index is 711. The van der Waals surface area contributed by atoms with Crippen molar-refractivity contribution >= 4 is 45.2 Å². The number of likely N-dealkylation sites (tertiary alicyclic amines) is 1. The monoisotopic (exact) mass is 376 g/mol. The van der Waals surface area contributed by atoms with Crippen molar-refractivity contribution in [2.24, 2.45) is 0 Å². The number of hydrogen-bond acceptors (Lipinski definition) is 3. The number of halogens is 2. The molecule has 0 bridgehead atoms. The SMILES string of the molecule is CS(=O)(=O)NC1CCN(C(=O)/C=C/c2cccc(Cl)c2Cl)CC1. The summed E-state index contributed by atoms with van der Waals surface area (Å²) in [6.45, 7) is 1.03. The average Bonchev–Trinajstić information content (AvgIpc) is 2.47. The summed E-state index contributed by atoms with van der Waals surface area (Å²) in [5.41, 5.74) is 0.682. The Kier molecular flexibility index (Phi) is 6.08. The van der Waals surface area contributed by atoms with Crippen molar-refractivity contribution in [2.75, 3.05) is 19.3 Å². The molecule has 2 rings (SSSR count). The number of benzene rings is 1. The lowest BCUT2D eigenvalue weighted by Gasteiger charge is -2.31. The molecule has 1 aromatic carbocycles. The molecule has 0 atom stereocenters. The Morgan fingerprint density at radius 2 is 1.96 bits per heavy atom. The molecular formula is C15H18Cl2N2O3S. The minimum absolute atomic E-state index is 0.111. The molecular weight excluding hydrogens is 359 g/mol. The third kappa shape index (κ3) is 5.49. The summed E-state index contributed by atoms with van der Waals surface area (Å²) in [5.74, 6) is -0.126. The lowest BCUT2D eigenvalue weighted by atomic mass is 10.1. The van der Waals surface area contributed by atoms with Crippen molar-refractivity contribution in [3.05, 3.63) is 39.9 Å². The highest BCUT2D eigenvalue weighted by Crippen LogP contribution is 2.26. The molecule has 0 aliphatic carbocycles. The van der Waals surface area contributed by atoms with Crippen LogP contribution in [0.4, 0.5) is 0 Å². The predicted molar refractivity (Wildman–Crippen MR) is 93.1 cm³/mol. The van der Waals surface area contributed by atoms with Crippen LogP contribution in [0.2, 0.25) is 10.0 Å². The summed E-state index contributed by atoms with van der Waals surface area (Å²) in [6.07, 6.45) is 5.44. The highest BCUT2D eigenvalue weighted by Gasteiger charge is 2.23. The number of carbonyl (C=O) groups is 1. The van der Waals surface area contributed by atoms with E-state index in [9.17, 15) is 13.2 Å². The maximum absolute atomic E-state index is 12.2. The molecule has 126 valence electrons. The van der Waals surface area contributed by atoms with Crippen LogP contribution in [-0.2, 0) is 14.8 Å². The second kappa shape index (κ2) is 7.66. The first-order valence-electron chi connectivity index (χ1n) is 7.14. The molecule has 1 aromatic rings. The van der Waals surface area contributed by atoms with Crippen LogP contribution in [0.3, 0.4) is 0 Å². The van der Waals surface area contributed by atoms with Gasteiger partial charge in [0.15, 0.2) is 0 Å². The molecule has 1 aliphatic rings. The molecule has 5 nitrogen and oxygen atoms in total. The summed E-state index contributed by atoms with van der Waals surface area (Å²) in [5, 5.41) is 0.850. The Balaban J connectivity index is 1.93. The summed E-state index contributed by atoms with van der Waals surface area (Å²) in [7, 11) is -3.21. The number of amides is 1. The molecule has 8 heteroatoms. The summed E-state index contributed by atoms with van der Waals surface area (Å²) in [6, 6.07) is 5.12. The van der Waals surface area contributed by atoms with E-state index in [-0.39, 0.29) is 11.9 Å². The van der Waals surface area contributed by atoms with Gasteiger partial charge in [-0.1, -0.05) is 35.3 Å². The van der Waals surface area contributed by atoms with E-state index in [1.165, 1.54) is 6.08 Å². The highest BCUT2D eigenvalue weighted by atomic mass is 35.5. The molecule has 0 spiro atoms. The van der Waals surface area contributed by atoms with Crippen LogP contribution in [0.5, 0.6) is 0 Å². The van der Waals surface area contributed by atoms with Gasteiger partial charge in [0.25, 0.3) is 0 Å². The van der Waals surface area contributed by atoms with E-state index in [4.69, 9.17) is 23.2 Å². The number of nitrogens with one attached hydrogen (secondary N) is 1. The van der Waals surface area contributed by atoms with E-state index in [0.717, 1.165) is 6.26 Å². The van der Waals surface area contributed by atoms with Gasteiger partial charge in [-0.15, -0.1) is 0 Å². The van der Waals surface area contributed by atoms with Gasteiger partial charge in [0.05, 0.1) is 16.3 Å². The van der Waals surface area contributed by atoms with Gasteiger partial charge >= 0.3 is 0 Å². The first-order valence-corrected chi connectivity index (χ1v) is 9.79. The minimum Gasteiger partial charge on any atom is -0.339 e. The zero-order chi connectivity index (χ0) is 17.0. The van der Waals surface area contributed by atoms with E-state index in [1.54, 1.807) is 29.2 Å². The quantitative estimate of drug-likeness (QED) is 0.821. The van der Waals surface area contributed by atoms with Crippen LogP contribution in [0.25, 0.3) is 6.08 Å². The molecule has 1 fully saturated rings. The van der Waals surface area contributed by atoms with Gasteiger partial charge in [-0.05, 0) is 30.5 Å². The van der Waals surface area contributed by atoms with E-state index in [0.29, 0.717) is 41.5 Å². The molecule has 0 unspecified atom stereocenters. The second-order valence-electron chi connectivity index (χ2n) is 5.47. The van der Waals surface area contributed by atoms with Gasteiger partial charge in [0.2, 0.25) is 15.9 Å². The third-order valence-corrected chi connectivity index (χ3v) is 5.17. The number of piperidine rings is 1. The Morgan fingerprint density at radius 1 is 1.30 bits per heavy atom. The first kappa shape index (κ1) is 18.3. The van der Waals surface area contributed by atoms with Crippen molar-refractivity contribution in [1.82, 2.24) is 9.62 Å². The minimum atomic E-state index is -3.21. The summed E-state index contributed by atoms with van der Waals surface area (Å²) >= 11 is 12.0. The molecule has 0 aromatic heterocycles. The van der Waals surface area contributed by atoms with Crippen molar-refractivity contribution in [3.8, 4) is 0 Å². The zero-order valence-corrected chi connectivity index (χ0v) is 15.0. The number of hydrogen-bond donors (Lipinski definition) is 1. The largest absolute Gasteiger partial charge is 0.339 e. The Labute approximate surface area is 146 Å².